The van der Waals surface area contributed by atoms with Crippen LogP contribution in [0.25, 0.3) is 0 Å². The number of rotatable bonds is 9. The second-order valence-electron chi connectivity index (χ2n) is 17.5. The SMILES string of the molecule is CC[C@H]1OC(=O)[C@H](C)[C@@H](O[C@H]2C[C@@](C)(OC)[C@@H](O)[C@H](C)O2)[C@H](C)[C@@H](O[C@@H]2O[C@H](C)C[C@H](N(C)CCN)[C@H]2O)[C@](C)(O)C[C@@H](C)CN(C)[C@H](C)[C@@H](O)[C@]1(C)O. The average Bonchev–Trinajstić information content (AvgIpc) is 3.09. The first kappa shape index (κ1) is 47.3. The van der Waals surface area contributed by atoms with Crippen molar-refractivity contribution < 1.29 is 58.7 Å². The highest BCUT2D eigenvalue weighted by molar-refractivity contribution is 5.73. The minimum atomic E-state index is -1.81. The molecule has 0 bridgehead atoms. The van der Waals surface area contributed by atoms with Gasteiger partial charge in [0.05, 0.1) is 41.5 Å². The molecular formula is C39H75N3O12. The molecule has 0 radical (unpaired) electrons. The van der Waals surface area contributed by atoms with Crippen LogP contribution in [0, 0.1) is 17.8 Å². The molecule has 0 aromatic heterocycles. The van der Waals surface area contributed by atoms with Crippen molar-refractivity contribution in [2.75, 3.05) is 40.8 Å². The molecule has 3 fully saturated rings. The number of carbonyl (C=O) groups excluding carboxylic acids is 1. The van der Waals surface area contributed by atoms with E-state index in [9.17, 15) is 30.3 Å². The molecule has 18 atom stereocenters. The Bertz CT molecular complexity index is 1180. The topological polar surface area (TPSA) is 206 Å². The average molecular weight is 778 g/mol. The third kappa shape index (κ3) is 10.7. The van der Waals surface area contributed by atoms with Crippen molar-refractivity contribution >= 4 is 5.97 Å². The van der Waals surface area contributed by atoms with E-state index in [4.69, 9.17) is 34.2 Å². The minimum Gasteiger partial charge on any atom is -0.459 e. The quantitative estimate of drug-likeness (QED) is 0.182. The van der Waals surface area contributed by atoms with Crippen LogP contribution in [0.2, 0.25) is 0 Å². The molecule has 3 saturated heterocycles. The molecule has 0 unspecified atom stereocenters. The highest BCUT2D eigenvalue weighted by Gasteiger charge is 2.52. The lowest BCUT2D eigenvalue weighted by Gasteiger charge is -2.49. The van der Waals surface area contributed by atoms with Crippen molar-refractivity contribution in [1.82, 2.24) is 9.80 Å². The zero-order valence-corrected chi connectivity index (χ0v) is 35.2. The first-order chi connectivity index (χ1) is 24.9. The molecule has 15 heteroatoms. The van der Waals surface area contributed by atoms with Gasteiger partial charge in [0.1, 0.15) is 30.0 Å². The number of esters is 1. The predicted octanol–water partition coefficient (Wildman–Crippen LogP) is 1.23. The lowest BCUT2D eigenvalue weighted by molar-refractivity contribution is -0.318. The van der Waals surface area contributed by atoms with Gasteiger partial charge >= 0.3 is 5.97 Å². The molecule has 3 aliphatic rings. The van der Waals surface area contributed by atoms with Gasteiger partial charge in [-0.2, -0.15) is 0 Å². The Morgan fingerprint density at radius 1 is 0.981 bits per heavy atom. The van der Waals surface area contributed by atoms with E-state index in [1.54, 1.807) is 41.5 Å². The number of cyclic esters (lactones) is 1. The lowest BCUT2D eigenvalue weighted by Crippen LogP contribution is -2.61. The van der Waals surface area contributed by atoms with Crippen LogP contribution in [0.4, 0.5) is 0 Å². The van der Waals surface area contributed by atoms with Crippen LogP contribution < -0.4 is 5.73 Å². The number of nitrogens with zero attached hydrogens (tertiary/aromatic N) is 2. The van der Waals surface area contributed by atoms with E-state index < -0.39 is 96.0 Å². The summed E-state index contributed by atoms with van der Waals surface area (Å²) >= 11 is 0. The highest BCUT2D eigenvalue weighted by atomic mass is 16.7. The molecule has 0 amide bonds. The second kappa shape index (κ2) is 19.1. The van der Waals surface area contributed by atoms with Crippen LogP contribution in [0.5, 0.6) is 0 Å². The standard InChI is InChI=1S/C39H75N3O12/c1-14-28-39(10,48)32(44)25(6)42(12)20-21(2)18-37(8,47)34(54-36-30(43)27(17-22(3)50-36)41(11)16-15-40)23(4)31(24(5)35(46)52-28)53-29-19-38(9,49-13)33(45)26(7)51-29/h21-34,36,43-45,47-48H,14-20,40H2,1-13H3/t21-,22-,23+,24-,25-,26+,27+,28-,29+,30-,31+,32-,33+,34-,36+,37-,38-,39-/m1/s1. The number of carbonyl (C=O) groups is 1. The van der Waals surface area contributed by atoms with Crippen LogP contribution in [-0.4, -0.2) is 172 Å². The van der Waals surface area contributed by atoms with Crippen molar-refractivity contribution in [3.8, 4) is 0 Å². The Hall–Kier alpha value is -1.05. The van der Waals surface area contributed by atoms with E-state index in [0.717, 1.165) is 0 Å². The van der Waals surface area contributed by atoms with Crippen molar-refractivity contribution in [2.24, 2.45) is 23.5 Å². The lowest BCUT2D eigenvalue weighted by atomic mass is 9.77. The number of hydrogen-bond acceptors (Lipinski definition) is 15. The summed E-state index contributed by atoms with van der Waals surface area (Å²) in [5.74, 6) is -2.64. The molecule has 318 valence electrons. The summed E-state index contributed by atoms with van der Waals surface area (Å²) < 4.78 is 37.7. The molecule has 3 rings (SSSR count). The first-order valence-corrected chi connectivity index (χ1v) is 19.9. The number of nitrogens with two attached hydrogens (primary N) is 1. The van der Waals surface area contributed by atoms with Gasteiger partial charge in [0.15, 0.2) is 12.6 Å². The molecule has 0 aliphatic carbocycles. The van der Waals surface area contributed by atoms with Gasteiger partial charge in [-0.3, -0.25) is 9.69 Å². The molecule has 7 N–H and O–H groups in total. The predicted molar refractivity (Wildman–Crippen MR) is 202 cm³/mol. The first-order valence-electron chi connectivity index (χ1n) is 19.9. The van der Waals surface area contributed by atoms with Crippen molar-refractivity contribution in [3.63, 3.8) is 0 Å². The maximum absolute atomic E-state index is 14.2. The van der Waals surface area contributed by atoms with Crippen LogP contribution in [0.15, 0.2) is 0 Å². The van der Waals surface area contributed by atoms with E-state index in [1.807, 2.05) is 44.7 Å². The minimum absolute atomic E-state index is 0.124. The summed E-state index contributed by atoms with van der Waals surface area (Å²) in [5, 5.41) is 58.5. The second-order valence-corrected chi connectivity index (χ2v) is 17.5. The van der Waals surface area contributed by atoms with Crippen LogP contribution in [-0.2, 0) is 33.2 Å². The zero-order valence-electron chi connectivity index (χ0n) is 35.2. The molecule has 0 aromatic carbocycles. The third-order valence-electron chi connectivity index (χ3n) is 12.6. The van der Waals surface area contributed by atoms with E-state index in [1.165, 1.54) is 14.0 Å². The Morgan fingerprint density at radius 3 is 2.19 bits per heavy atom. The monoisotopic (exact) mass is 778 g/mol. The summed E-state index contributed by atoms with van der Waals surface area (Å²) in [6.07, 6.45) is -8.48. The number of likely N-dealkylation sites (N-methyl/N-ethyl adjacent to an activating group) is 2. The fourth-order valence-electron chi connectivity index (χ4n) is 9.03. The van der Waals surface area contributed by atoms with E-state index in [0.29, 0.717) is 26.1 Å². The van der Waals surface area contributed by atoms with Gasteiger partial charge in [-0.1, -0.05) is 20.8 Å². The maximum Gasteiger partial charge on any atom is 0.311 e. The number of hydrogen-bond donors (Lipinski definition) is 6. The van der Waals surface area contributed by atoms with Crippen LogP contribution in [0.1, 0.15) is 94.9 Å². The summed E-state index contributed by atoms with van der Waals surface area (Å²) in [7, 11) is 5.23. The van der Waals surface area contributed by atoms with Gasteiger partial charge < -0.3 is 64.6 Å². The molecular weight excluding hydrogens is 702 g/mol. The van der Waals surface area contributed by atoms with Gasteiger partial charge in [0, 0.05) is 51.2 Å². The molecule has 15 nitrogen and oxygen atoms in total. The Balaban J connectivity index is 2.18. The van der Waals surface area contributed by atoms with E-state index >= 15 is 0 Å². The number of aliphatic hydroxyl groups is 5. The molecule has 0 saturated carbocycles. The fraction of sp³-hybridized carbons (Fsp3) is 0.974. The molecule has 0 spiro atoms. The third-order valence-corrected chi connectivity index (χ3v) is 12.6. The smallest absolute Gasteiger partial charge is 0.311 e. The van der Waals surface area contributed by atoms with Crippen LogP contribution in [0.3, 0.4) is 0 Å². The number of methoxy groups -OCH3 is 1. The normalized spacial score (nSPS) is 48.2. The summed E-state index contributed by atoms with van der Waals surface area (Å²) in [6.45, 7) is 18.9. The molecule has 3 aliphatic heterocycles. The summed E-state index contributed by atoms with van der Waals surface area (Å²) in [6, 6.07) is -0.879. The number of ether oxygens (including phenoxy) is 6. The Kier molecular flexibility index (Phi) is 16.8. The summed E-state index contributed by atoms with van der Waals surface area (Å²) in [5.41, 5.74) is 1.45. The largest absolute Gasteiger partial charge is 0.459 e. The van der Waals surface area contributed by atoms with Crippen molar-refractivity contribution in [3.05, 3.63) is 0 Å². The van der Waals surface area contributed by atoms with Gasteiger partial charge in [-0.15, -0.1) is 0 Å². The van der Waals surface area contributed by atoms with Gasteiger partial charge in [0.25, 0.3) is 0 Å². The molecule has 54 heavy (non-hydrogen) atoms. The number of aliphatic hydroxyl groups excluding tert-OH is 3. The van der Waals surface area contributed by atoms with Gasteiger partial charge in [-0.05, 0) is 87.7 Å². The van der Waals surface area contributed by atoms with Crippen LogP contribution >= 0.6 is 0 Å². The highest BCUT2D eigenvalue weighted by Crippen LogP contribution is 2.40. The van der Waals surface area contributed by atoms with Crippen molar-refractivity contribution in [2.45, 2.75) is 185 Å². The Labute approximate surface area is 323 Å². The fourth-order valence-corrected chi connectivity index (χ4v) is 9.03. The van der Waals surface area contributed by atoms with Gasteiger partial charge in [-0.25, -0.2) is 0 Å². The summed E-state index contributed by atoms with van der Waals surface area (Å²) in [4.78, 5) is 18.1. The van der Waals surface area contributed by atoms with Gasteiger partial charge in [0.2, 0.25) is 0 Å². The molecule has 3 heterocycles. The van der Waals surface area contributed by atoms with Crippen molar-refractivity contribution in [1.29, 1.82) is 0 Å². The van der Waals surface area contributed by atoms with E-state index in [2.05, 4.69) is 0 Å². The van der Waals surface area contributed by atoms with E-state index in [-0.39, 0.29) is 37.3 Å². The zero-order chi connectivity index (χ0) is 41.1. The Morgan fingerprint density at radius 2 is 1.61 bits per heavy atom. The maximum atomic E-state index is 14.2. The molecule has 0 aromatic rings.